The molecular weight excluding hydrogens is 401 g/mol. The van der Waals surface area contributed by atoms with Crippen molar-refractivity contribution in [3.63, 3.8) is 0 Å². The molecular formula is C25H33F3N2O. The summed E-state index contributed by atoms with van der Waals surface area (Å²) >= 11 is 0. The van der Waals surface area contributed by atoms with Gasteiger partial charge in [0.1, 0.15) is 17.3 Å². The fourth-order valence-corrected chi connectivity index (χ4v) is 3.78. The number of H-pyrrole nitrogens is 1. The van der Waals surface area contributed by atoms with Crippen LogP contribution in [0.2, 0.25) is 0 Å². The second kappa shape index (κ2) is 10.8. The van der Waals surface area contributed by atoms with Crippen LogP contribution in [0.4, 0.5) is 13.2 Å². The topological polar surface area (TPSA) is 39.3 Å². The Labute approximate surface area is 182 Å². The number of aryl methyl sites for hydroxylation is 1. The molecule has 1 unspecified atom stereocenters. The molecule has 2 N–H and O–H groups in total. The Balaban J connectivity index is 0.000000261. The third-order valence-corrected chi connectivity index (χ3v) is 5.26. The number of alkyl halides is 1. The molecule has 0 saturated heterocycles. The molecule has 2 heterocycles. The van der Waals surface area contributed by atoms with E-state index in [9.17, 15) is 13.2 Å². The minimum Gasteiger partial charge on any atom is -0.393 e. The zero-order valence-electron chi connectivity index (χ0n) is 19.0. The summed E-state index contributed by atoms with van der Waals surface area (Å²) in [5.74, 6) is -1.04. The van der Waals surface area contributed by atoms with Gasteiger partial charge in [-0.25, -0.2) is 13.2 Å². The summed E-state index contributed by atoms with van der Waals surface area (Å²) in [7, 11) is 0. The number of nitrogens with zero attached hydrogens (tertiary/aromatic N) is 1. The molecule has 4 rings (SSSR count). The van der Waals surface area contributed by atoms with Crippen molar-refractivity contribution >= 4 is 10.9 Å². The molecule has 0 fully saturated rings. The molecule has 3 nitrogen and oxygen atoms in total. The summed E-state index contributed by atoms with van der Waals surface area (Å²) in [6, 6.07) is 12.0. The average Bonchev–Trinajstić information content (AvgIpc) is 3.06. The van der Waals surface area contributed by atoms with Crippen molar-refractivity contribution in [3.8, 4) is 0 Å². The predicted octanol–water partition coefficient (Wildman–Crippen LogP) is 5.93. The van der Waals surface area contributed by atoms with Gasteiger partial charge in [0.25, 0.3) is 0 Å². The maximum absolute atomic E-state index is 14.1. The zero-order chi connectivity index (χ0) is 23.2. The highest BCUT2D eigenvalue weighted by Crippen LogP contribution is 2.31. The lowest BCUT2D eigenvalue weighted by Gasteiger charge is -2.36. The number of aromatic nitrogens is 1. The molecule has 1 aliphatic heterocycles. The summed E-state index contributed by atoms with van der Waals surface area (Å²) in [6.45, 7) is 9.77. The number of hydrogen-bond donors (Lipinski definition) is 2. The van der Waals surface area contributed by atoms with Gasteiger partial charge in [-0.3, -0.25) is 4.90 Å². The van der Waals surface area contributed by atoms with Crippen molar-refractivity contribution in [2.24, 2.45) is 0 Å². The molecule has 2 aromatic carbocycles. The van der Waals surface area contributed by atoms with E-state index in [1.165, 1.54) is 35.7 Å². The SMILES string of the molecule is CC.C[C@@H]1Cc2c([nH]c3ccccc23)CN1CC(C)(F)CO.Cc1cc(F)cc(F)c1. The Morgan fingerprint density at radius 3 is 2.32 bits per heavy atom. The number of para-hydroxylation sites is 1. The number of aliphatic hydroxyl groups is 1. The Bertz CT molecular complexity index is 934. The predicted molar refractivity (Wildman–Crippen MR) is 121 cm³/mol. The van der Waals surface area contributed by atoms with Crippen LogP contribution in [0.1, 0.15) is 44.5 Å². The lowest BCUT2D eigenvalue weighted by molar-refractivity contribution is 0.0277. The van der Waals surface area contributed by atoms with E-state index >= 15 is 0 Å². The van der Waals surface area contributed by atoms with Crippen molar-refractivity contribution in [1.29, 1.82) is 0 Å². The first-order chi connectivity index (χ1) is 14.7. The minimum atomic E-state index is -1.54. The first-order valence-electron chi connectivity index (χ1n) is 10.7. The van der Waals surface area contributed by atoms with E-state index in [0.717, 1.165) is 18.0 Å². The standard InChI is InChI=1S/C16H21FN2O.C7H6F2.C2H6/c1-11-7-13-12-5-3-4-6-14(12)18-15(13)8-19(11)9-16(2,17)10-20;1-5-2-6(8)4-7(9)3-5;1-2/h3-6,11,18,20H,7-10H2,1-2H3;2-4H,1H3;1-2H3/t11-,16?;;/m1../s1. The molecule has 0 aliphatic carbocycles. The number of fused-ring (bicyclic) bond motifs is 3. The van der Waals surface area contributed by atoms with Gasteiger partial charge < -0.3 is 10.1 Å². The molecule has 0 amide bonds. The fraction of sp³-hybridized carbons (Fsp3) is 0.440. The Kier molecular flexibility index (Phi) is 8.71. The third kappa shape index (κ3) is 6.58. The van der Waals surface area contributed by atoms with Gasteiger partial charge in [-0.1, -0.05) is 32.0 Å². The second-order valence-corrected chi connectivity index (χ2v) is 8.10. The maximum atomic E-state index is 14.1. The molecule has 0 spiro atoms. The van der Waals surface area contributed by atoms with Crippen LogP contribution in [0, 0.1) is 18.6 Å². The monoisotopic (exact) mass is 434 g/mol. The smallest absolute Gasteiger partial charge is 0.143 e. The van der Waals surface area contributed by atoms with Crippen LogP contribution in [-0.2, 0) is 13.0 Å². The van der Waals surface area contributed by atoms with Crippen LogP contribution in [0.25, 0.3) is 10.9 Å². The van der Waals surface area contributed by atoms with Gasteiger partial charge in [0.05, 0.1) is 6.61 Å². The Morgan fingerprint density at radius 1 is 1.13 bits per heavy atom. The van der Waals surface area contributed by atoms with E-state index in [1.54, 1.807) is 6.92 Å². The summed E-state index contributed by atoms with van der Waals surface area (Å²) in [6.07, 6.45) is 0.918. The summed E-state index contributed by atoms with van der Waals surface area (Å²) in [5.41, 5.74) is 2.74. The van der Waals surface area contributed by atoms with E-state index in [-0.39, 0.29) is 12.6 Å². The van der Waals surface area contributed by atoms with E-state index in [0.29, 0.717) is 12.1 Å². The highest BCUT2D eigenvalue weighted by atomic mass is 19.1. The van der Waals surface area contributed by atoms with Crippen molar-refractivity contribution < 1.29 is 18.3 Å². The van der Waals surface area contributed by atoms with Crippen LogP contribution in [0.5, 0.6) is 0 Å². The first-order valence-corrected chi connectivity index (χ1v) is 10.7. The average molecular weight is 435 g/mol. The second-order valence-electron chi connectivity index (χ2n) is 8.10. The van der Waals surface area contributed by atoms with Gasteiger partial charge in [0.15, 0.2) is 0 Å². The largest absolute Gasteiger partial charge is 0.393 e. The van der Waals surface area contributed by atoms with Gasteiger partial charge in [-0.15, -0.1) is 0 Å². The van der Waals surface area contributed by atoms with Crippen LogP contribution in [-0.4, -0.2) is 39.9 Å². The normalized spacial score (nSPS) is 17.6. The Hall–Kier alpha value is -2.31. The van der Waals surface area contributed by atoms with Gasteiger partial charge in [0, 0.05) is 41.8 Å². The molecule has 3 aromatic rings. The van der Waals surface area contributed by atoms with Crippen LogP contribution >= 0.6 is 0 Å². The first kappa shape index (κ1) is 25.0. The summed E-state index contributed by atoms with van der Waals surface area (Å²) in [5, 5.41) is 10.4. The van der Waals surface area contributed by atoms with E-state index in [1.807, 2.05) is 19.9 Å². The van der Waals surface area contributed by atoms with E-state index in [2.05, 4.69) is 35.0 Å². The quantitative estimate of drug-likeness (QED) is 0.536. The van der Waals surface area contributed by atoms with Crippen LogP contribution in [0.3, 0.4) is 0 Å². The van der Waals surface area contributed by atoms with Gasteiger partial charge in [-0.2, -0.15) is 0 Å². The van der Waals surface area contributed by atoms with E-state index < -0.39 is 23.9 Å². The van der Waals surface area contributed by atoms with Gasteiger partial charge in [0.2, 0.25) is 0 Å². The number of aromatic amines is 1. The molecule has 0 radical (unpaired) electrons. The lowest BCUT2D eigenvalue weighted by atomic mass is 9.96. The summed E-state index contributed by atoms with van der Waals surface area (Å²) in [4.78, 5) is 5.55. The molecule has 2 atom stereocenters. The summed E-state index contributed by atoms with van der Waals surface area (Å²) < 4.78 is 38.4. The van der Waals surface area contributed by atoms with Crippen LogP contribution in [0.15, 0.2) is 42.5 Å². The fourth-order valence-electron chi connectivity index (χ4n) is 3.78. The number of rotatable bonds is 3. The van der Waals surface area contributed by atoms with Crippen molar-refractivity contribution in [2.45, 2.75) is 59.3 Å². The maximum Gasteiger partial charge on any atom is 0.143 e. The highest BCUT2D eigenvalue weighted by molar-refractivity contribution is 5.84. The number of benzene rings is 2. The minimum absolute atomic E-state index is 0.263. The van der Waals surface area contributed by atoms with Gasteiger partial charge in [-0.05, 0) is 56.5 Å². The molecule has 0 bridgehead atoms. The number of nitrogens with one attached hydrogen (secondary N) is 1. The van der Waals surface area contributed by atoms with E-state index in [4.69, 9.17) is 5.11 Å². The third-order valence-electron chi connectivity index (χ3n) is 5.26. The lowest BCUT2D eigenvalue weighted by Crippen LogP contribution is -2.46. The number of hydrogen-bond acceptors (Lipinski definition) is 2. The molecule has 170 valence electrons. The number of aliphatic hydroxyl groups excluding tert-OH is 1. The Morgan fingerprint density at radius 2 is 1.74 bits per heavy atom. The molecule has 6 heteroatoms. The molecule has 1 aliphatic rings. The zero-order valence-corrected chi connectivity index (χ0v) is 19.0. The van der Waals surface area contributed by atoms with Crippen molar-refractivity contribution in [1.82, 2.24) is 9.88 Å². The van der Waals surface area contributed by atoms with Crippen LogP contribution < -0.4 is 0 Å². The van der Waals surface area contributed by atoms with Crippen molar-refractivity contribution in [2.75, 3.05) is 13.2 Å². The van der Waals surface area contributed by atoms with Crippen molar-refractivity contribution in [3.05, 3.63) is 70.9 Å². The number of halogens is 3. The molecule has 0 saturated carbocycles. The molecule has 1 aromatic heterocycles. The van der Waals surface area contributed by atoms with Gasteiger partial charge >= 0.3 is 0 Å². The molecule has 31 heavy (non-hydrogen) atoms. The highest BCUT2D eigenvalue weighted by Gasteiger charge is 2.32.